The zero-order chi connectivity index (χ0) is 13.1. The number of hydrogen-bond donors (Lipinski definition) is 0. The lowest BCUT2D eigenvalue weighted by atomic mass is 10.2. The molecule has 0 amide bonds. The second-order valence-electron chi connectivity index (χ2n) is 5.12. The molecule has 100 valence electrons. The van der Waals surface area contributed by atoms with Crippen LogP contribution in [0, 0.1) is 13.8 Å². The molecule has 1 saturated heterocycles. The average molecular weight is 250 g/mol. The highest BCUT2D eigenvalue weighted by atomic mass is 16.5. The van der Waals surface area contributed by atoms with Crippen molar-refractivity contribution in [3.8, 4) is 0 Å². The molecule has 0 radical (unpaired) electrons. The highest BCUT2D eigenvalue weighted by Crippen LogP contribution is 2.16. The Labute approximate surface area is 109 Å². The van der Waals surface area contributed by atoms with Crippen molar-refractivity contribution in [3.63, 3.8) is 0 Å². The van der Waals surface area contributed by atoms with E-state index in [4.69, 9.17) is 4.74 Å². The Balaban J connectivity index is 2.08. The maximum Gasteiger partial charge on any atom is 0.132 e. The molecule has 1 aromatic rings. The summed E-state index contributed by atoms with van der Waals surface area (Å²) < 4.78 is 5.77. The largest absolute Gasteiger partial charge is 0.373 e. The van der Waals surface area contributed by atoms with Crippen molar-refractivity contribution in [1.29, 1.82) is 0 Å². The Morgan fingerprint density at radius 2 is 2.17 bits per heavy atom. The molecule has 2 rings (SSSR count). The van der Waals surface area contributed by atoms with Crippen LogP contribution in [0.2, 0.25) is 0 Å². The van der Waals surface area contributed by atoms with Gasteiger partial charge < -0.3 is 14.5 Å². The van der Waals surface area contributed by atoms with Gasteiger partial charge in [-0.15, -0.1) is 0 Å². The topological polar surface area (TPSA) is 41.5 Å². The van der Waals surface area contributed by atoms with Crippen molar-refractivity contribution in [1.82, 2.24) is 14.9 Å². The highest BCUT2D eigenvalue weighted by molar-refractivity contribution is 5.40. The van der Waals surface area contributed by atoms with E-state index in [0.717, 1.165) is 43.6 Å². The first-order valence-electron chi connectivity index (χ1n) is 6.38. The number of aryl methyl sites for hydroxylation is 2. The second kappa shape index (κ2) is 5.63. The third-order valence-corrected chi connectivity index (χ3v) is 2.98. The van der Waals surface area contributed by atoms with Gasteiger partial charge in [-0.1, -0.05) is 0 Å². The normalized spacial score (nSPS) is 20.5. The van der Waals surface area contributed by atoms with Crippen LogP contribution in [0.25, 0.3) is 0 Å². The fourth-order valence-corrected chi connectivity index (χ4v) is 2.30. The van der Waals surface area contributed by atoms with Gasteiger partial charge in [-0.05, 0) is 27.9 Å². The molecule has 1 atom stereocenters. The summed E-state index contributed by atoms with van der Waals surface area (Å²) in [6.45, 7) is 7.46. The molecule has 5 heteroatoms. The molecule has 5 nitrogen and oxygen atoms in total. The Morgan fingerprint density at radius 3 is 2.83 bits per heavy atom. The molecule has 1 aliphatic rings. The first-order chi connectivity index (χ1) is 8.54. The van der Waals surface area contributed by atoms with E-state index in [1.54, 1.807) is 0 Å². The molecule has 0 N–H and O–H groups in total. The number of hydrogen-bond acceptors (Lipinski definition) is 5. The fourth-order valence-electron chi connectivity index (χ4n) is 2.30. The van der Waals surface area contributed by atoms with Gasteiger partial charge in [-0.3, -0.25) is 0 Å². The molecule has 1 unspecified atom stereocenters. The summed E-state index contributed by atoms with van der Waals surface area (Å²) in [4.78, 5) is 13.3. The molecule has 0 bridgehead atoms. The highest BCUT2D eigenvalue weighted by Gasteiger charge is 2.22. The Morgan fingerprint density at radius 1 is 1.39 bits per heavy atom. The van der Waals surface area contributed by atoms with Crippen molar-refractivity contribution >= 4 is 5.82 Å². The van der Waals surface area contributed by atoms with Gasteiger partial charge in [0.2, 0.25) is 0 Å². The second-order valence-corrected chi connectivity index (χ2v) is 5.12. The van der Waals surface area contributed by atoms with Crippen LogP contribution in [0.1, 0.15) is 11.5 Å². The van der Waals surface area contributed by atoms with E-state index in [2.05, 4.69) is 33.9 Å². The van der Waals surface area contributed by atoms with E-state index in [9.17, 15) is 0 Å². The molecule has 18 heavy (non-hydrogen) atoms. The molecule has 1 aliphatic heterocycles. The zero-order valence-electron chi connectivity index (χ0n) is 11.7. The molecular formula is C13H22N4O. The van der Waals surface area contributed by atoms with Crippen molar-refractivity contribution in [2.75, 3.05) is 45.2 Å². The number of nitrogens with zero attached hydrogens (tertiary/aromatic N) is 4. The van der Waals surface area contributed by atoms with Gasteiger partial charge >= 0.3 is 0 Å². The molecule has 0 aromatic carbocycles. The molecular weight excluding hydrogens is 228 g/mol. The summed E-state index contributed by atoms with van der Waals surface area (Å²) in [6, 6.07) is 2.05. The van der Waals surface area contributed by atoms with E-state index < -0.39 is 0 Å². The third-order valence-electron chi connectivity index (χ3n) is 2.98. The van der Waals surface area contributed by atoms with Gasteiger partial charge in [0, 0.05) is 31.4 Å². The Bertz CT molecular complexity index is 388. The predicted molar refractivity (Wildman–Crippen MR) is 72.0 cm³/mol. The summed E-state index contributed by atoms with van der Waals surface area (Å²) in [7, 11) is 4.14. The van der Waals surface area contributed by atoms with Crippen molar-refractivity contribution < 1.29 is 4.74 Å². The minimum absolute atomic E-state index is 0.254. The summed E-state index contributed by atoms with van der Waals surface area (Å²) in [6.07, 6.45) is 0.254. The zero-order valence-corrected chi connectivity index (χ0v) is 11.7. The fraction of sp³-hybridized carbons (Fsp3) is 0.692. The van der Waals surface area contributed by atoms with E-state index in [1.165, 1.54) is 0 Å². The number of rotatable bonds is 3. The van der Waals surface area contributed by atoms with Crippen molar-refractivity contribution in [2.24, 2.45) is 0 Å². The summed E-state index contributed by atoms with van der Waals surface area (Å²) in [5.74, 6) is 1.85. The number of morpholine rings is 1. The van der Waals surface area contributed by atoms with Gasteiger partial charge in [-0.25, -0.2) is 9.97 Å². The van der Waals surface area contributed by atoms with Crippen LogP contribution < -0.4 is 4.90 Å². The lowest BCUT2D eigenvalue weighted by molar-refractivity contribution is 0.0245. The van der Waals surface area contributed by atoms with Gasteiger partial charge in [0.15, 0.2) is 0 Å². The van der Waals surface area contributed by atoms with Crippen molar-refractivity contribution in [2.45, 2.75) is 20.0 Å². The first kappa shape index (κ1) is 13.2. The van der Waals surface area contributed by atoms with Gasteiger partial charge in [0.1, 0.15) is 11.6 Å². The van der Waals surface area contributed by atoms with E-state index in [0.29, 0.717) is 0 Å². The SMILES string of the molecule is Cc1cc(N2CCOC(CN(C)C)C2)nc(C)n1. The lowest BCUT2D eigenvalue weighted by Gasteiger charge is -2.35. The minimum atomic E-state index is 0.254. The maximum atomic E-state index is 5.77. The number of aromatic nitrogens is 2. The lowest BCUT2D eigenvalue weighted by Crippen LogP contribution is -2.46. The number of ether oxygens (including phenoxy) is 1. The molecule has 0 aliphatic carbocycles. The molecule has 2 heterocycles. The van der Waals surface area contributed by atoms with Crippen LogP contribution in [0.5, 0.6) is 0 Å². The van der Waals surface area contributed by atoms with Crippen LogP contribution in [-0.4, -0.2) is 61.3 Å². The molecule has 0 saturated carbocycles. The predicted octanol–water partition coefficient (Wildman–Crippen LogP) is 0.860. The van der Waals surface area contributed by atoms with E-state index in [-0.39, 0.29) is 6.10 Å². The maximum absolute atomic E-state index is 5.77. The van der Waals surface area contributed by atoms with E-state index >= 15 is 0 Å². The third kappa shape index (κ3) is 3.40. The van der Waals surface area contributed by atoms with Gasteiger partial charge in [0.05, 0.1) is 12.7 Å². The quantitative estimate of drug-likeness (QED) is 0.796. The average Bonchev–Trinajstić information content (AvgIpc) is 2.27. The molecule has 1 aromatic heterocycles. The van der Waals surface area contributed by atoms with Gasteiger partial charge in [0.25, 0.3) is 0 Å². The smallest absolute Gasteiger partial charge is 0.132 e. The Kier molecular flexibility index (Phi) is 4.14. The number of anilines is 1. The summed E-state index contributed by atoms with van der Waals surface area (Å²) >= 11 is 0. The molecule has 1 fully saturated rings. The van der Waals surface area contributed by atoms with Gasteiger partial charge in [-0.2, -0.15) is 0 Å². The van der Waals surface area contributed by atoms with Crippen LogP contribution >= 0.6 is 0 Å². The van der Waals surface area contributed by atoms with Crippen LogP contribution in [0.4, 0.5) is 5.82 Å². The number of likely N-dealkylation sites (N-methyl/N-ethyl adjacent to an activating group) is 1. The standard InChI is InChI=1S/C13H22N4O/c1-10-7-13(15-11(2)14-10)17-5-6-18-12(9-17)8-16(3)4/h7,12H,5-6,8-9H2,1-4H3. The molecule has 0 spiro atoms. The van der Waals surface area contributed by atoms with Crippen LogP contribution in [0.15, 0.2) is 6.07 Å². The van der Waals surface area contributed by atoms with Crippen molar-refractivity contribution in [3.05, 3.63) is 17.6 Å². The summed E-state index contributed by atoms with van der Waals surface area (Å²) in [5, 5.41) is 0. The monoisotopic (exact) mass is 250 g/mol. The first-order valence-corrected chi connectivity index (χ1v) is 6.38. The van der Waals surface area contributed by atoms with E-state index in [1.807, 2.05) is 19.9 Å². The summed E-state index contributed by atoms with van der Waals surface area (Å²) in [5.41, 5.74) is 1.02. The Hall–Kier alpha value is -1.20. The minimum Gasteiger partial charge on any atom is -0.373 e. The van der Waals surface area contributed by atoms with Crippen LogP contribution in [-0.2, 0) is 4.74 Å². The van der Waals surface area contributed by atoms with Crippen LogP contribution in [0.3, 0.4) is 0 Å².